The van der Waals surface area contributed by atoms with Crippen LogP contribution in [-0.2, 0) is 30.1 Å². The Hall–Kier alpha value is -3.52. The minimum absolute atomic E-state index is 0.317. The molecule has 0 fully saturated rings. The van der Waals surface area contributed by atoms with Gasteiger partial charge in [0.25, 0.3) is 0 Å². The molecule has 0 spiro atoms. The molecule has 0 radical (unpaired) electrons. The second kappa shape index (κ2) is 19.9. The van der Waals surface area contributed by atoms with Crippen molar-refractivity contribution in [2.45, 2.75) is 162 Å². The maximum absolute atomic E-state index is 11.8. The highest BCUT2D eigenvalue weighted by molar-refractivity contribution is 5.59. The standard InChI is InChI=1S/C49H68O2/c1-7-9-11-13-15-17-21-27-38-33-35-44(50)42(46(38)48(3,4)40-29-23-19-24-30-40)37-43-45(51)36-34-39(28-22-18-16-14-12-10-8-2)47(43)49(5,6)41-31-25-20-26-32-41/h19-20,23-26,29-36,50-51H,7-18,21-22,27-28,37H2,1-6H3. The van der Waals surface area contributed by atoms with E-state index in [-0.39, 0.29) is 10.8 Å². The van der Waals surface area contributed by atoms with E-state index in [4.69, 9.17) is 0 Å². The number of unbranched alkanes of at least 4 members (excludes halogenated alkanes) is 12. The summed E-state index contributed by atoms with van der Waals surface area (Å²) in [6, 6.07) is 29.7. The van der Waals surface area contributed by atoms with Crippen molar-refractivity contribution >= 4 is 0 Å². The fourth-order valence-corrected chi connectivity index (χ4v) is 8.42. The van der Waals surface area contributed by atoms with E-state index in [2.05, 4.69) is 114 Å². The van der Waals surface area contributed by atoms with Crippen LogP contribution in [0.1, 0.15) is 176 Å². The highest BCUT2D eigenvalue weighted by Gasteiger charge is 2.34. The van der Waals surface area contributed by atoms with Crippen LogP contribution >= 0.6 is 0 Å². The normalized spacial score (nSPS) is 12.0. The van der Waals surface area contributed by atoms with Gasteiger partial charge in [-0.2, -0.15) is 0 Å². The van der Waals surface area contributed by atoms with Crippen molar-refractivity contribution in [3.05, 3.63) is 129 Å². The van der Waals surface area contributed by atoms with E-state index in [1.165, 1.54) is 110 Å². The van der Waals surface area contributed by atoms with Crippen LogP contribution in [0.2, 0.25) is 0 Å². The predicted molar refractivity (Wildman–Crippen MR) is 220 cm³/mol. The first-order valence-electron chi connectivity index (χ1n) is 20.4. The van der Waals surface area contributed by atoms with E-state index in [0.29, 0.717) is 17.9 Å². The predicted octanol–water partition coefficient (Wildman–Crippen LogP) is 13.9. The van der Waals surface area contributed by atoms with Crippen LogP contribution in [0, 0.1) is 0 Å². The van der Waals surface area contributed by atoms with E-state index in [1.54, 1.807) is 0 Å². The fourth-order valence-electron chi connectivity index (χ4n) is 8.42. The molecule has 2 nitrogen and oxygen atoms in total. The van der Waals surface area contributed by atoms with E-state index < -0.39 is 0 Å². The topological polar surface area (TPSA) is 40.5 Å². The SMILES string of the molecule is CCCCCCCCCc1ccc(O)c(Cc2c(O)ccc(CCCCCCCCC)c2C(C)(C)c2ccccc2)c1C(C)(C)c1ccccc1. The Kier molecular flexibility index (Phi) is 15.7. The van der Waals surface area contributed by atoms with Crippen LogP contribution < -0.4 is 0 Å². The van der Waals surface area contributed by atoms with Gasteiger partial charge in [-0.05, 0) is 71.2 Å². The minimum Gasteiger partial charge on any atom is -0.508 e. The summed E-state index contributed by atoms with van der Waals surface area (Å²) in [6.45, 7) is 13.8. The van der Waals surface area contributed by atoms with Gasteiger partial charge in [0.2, 0.25) is 0 Å². The zero-order valence-corrected chi connectivity index (χ0v) is 33.0. The summed E-state index contributed by atoms with van der Waals surface area (Å²) >= 11 is 0. The van der Waals surface area contributed by atoms with E-state index in [9.17, 15) is 10.2 Å². The molecular formula is C49H68O2. The Balaban J connectivity index is 1.80. The molecule has 51 heavy (non-hydrogen) atoms. The lowest BCUT2D eigenvalue weighted by atomic mass is 9.69. The molecule has 0 heterocycles. The quantitative estimate of drug-likeness (QED) is 0.0807. The molecule has 0 atom stereocenters. The number of rotatable bonds is 22. The van der Waals surface area contributed by atoms with Gasteiger partial charge in [0.1, 0.15) is 11.5 Å². The van der Waals surface area contributed by atoms with Gasteiger partial charge in [-0.25, -0.2) is 0 Å². The number of aromatic hydroxyl groups is 2. The molecule has 2 N–H and O–H groups in total. The summed E-state index contributed by atoms with van der Waals surface area (Å²) in [4.78, 5) is 0. The Morgan fingerprint density at radius 3 is 1.10 bits per heavy atom. The lowest BCUT2D eigenvalue weighted by Gasteiger charge is -2.34. The Morgan fingerprint density at radius 2 is 0.745 bits per heavy atom. The molecule has 0 saturated carbocycles. The second-order valence-electron chi connectivity index (χ2n) is 16.1. The van der Waals surface area contributed by atoms with Crippen LogP contribution in [0.5, 0.6) is 11.5 Å². The zero-order chi connectivity index (χ0) is 36.7. The van der Waals surface area contributed by atoms with Crippen molar-refractivity contribution in [2.24, 2.45) is 0 Å². The molecular weight excluding hydrogens is 621 g/mol. The molecule has 4 rings (SSSR count). The maximum Gasteiger partial charge on any atom is 0.119 e. The number of phenolic OH excluding ortho intramolecular Hbond substituents is 2. The van der Waals surface area contributed by atoms with Gasteiger partial charge < -0.3 is 10.2 Å². The summed E-state index contributed by atoms with van der Waals surface area (Å²) < 4.78 is 0. The van der Waals surface area contributed by atoms with Crippen molar-refractivity contribution in [1.82, 2.24) is 0 Å². The van der Waals surface area contributed by atoms with Gasteiger partial charge in [-0.3, -0.25) is 0 Å². The Labute approximate surface area is 311 Å². The summed E-state index contributed by atoms with van der Waals surface area (Å²) in [5.41, 5.74) is 8.72. The van der Waals surface area contributed by atoms with Crippen molar-refractivity contribution in [1.29, 1.82) is 0 Å². The molecule has 0 saturated heterocycles. The maximum atomic E-state index is 11.8. The van der Waals surface area contributed by atoms with Crippen LogP contribution in [0.15, 0.2) is 84.9 Å². The molecule has 0 aromatic heterocycles. The third-order valence-electron chi connectivity index (χ3n) is 11.4. The van der Waals surface area contributed by atoms with Crippen molar-refractivity contribution in [2.75, 3.05) is 0 Å². The third kappa shape index (κ3) is 10.8. The smallest absolute Gasteiger partial charge is 0.119 e. The highest BCUT2D eigenvalue weighted by atomic mass is 16.3. The number of aryl methyl sites for hydroxylation is 2. The van der Waals surface area contributed by atoms with Crippen molar-refractivity contribution < 1.29 is 10.2 Å². The average molecular weight is 689 g/mol. The number of hydrogen-bond acceptors (Lipinski definition) is 2. The molecule has 0 bridgehead atoms. The Bertz CT molecular complexity index is 1480. The third-order valence-corrected chi connectivity index (χ3v) is 11.4. The summed E-state index contributed by atoms with van der Waals surface area (Å²) in [5.74, 6) is 0.635. The molecule has 0 aliphatic carbocycles. The van der Waals surface area contributed by atoms with Crippen molar-refractivity contribution in [3.63, 3.8) is 0 Å². The molecule has 0 aliphatic heterocycles. The molecule has 0 amide bonds. The van der Waals surface area contributed by atoms with Crippen LogP contribution in [0.3, 0.4) is 0 Å². The molecule has 4 aromatic carbocycles. The van der Waals surface area contributed by atoms with E-state index >= 15 is 0 Å². The van der Waals surface area contributed by atoms with Gasteiger partial charge in [0.05, 0.1) is 0 Å². The molecule has 4 aromatic rings. The fraction of sp³-hybridized carbons (Fsp3) is 0.510. The zero-order valence-electron chi connectivity index (χ0n) is 33.0. The summed E-state index contributed by atoms with van der Waals surface area (Å²) in [6.07, 6.45) is 20.2. The lowest BCUT2D eigenvalue weighted by Crippen LogP contribution is -2.26. The van der Waals surface area contributed by atoms with Crippen molar-refractivity contribution in [3.8, 4) is 11.5 Å². The molecule has 2 heteroatoms. The number of hydrogen-bond donors (Lipinski definition) is 2. The first kappa shape index (κ1) is 40.3. The van der Waals surface area contributed by atoms with Gasteiger partial charge >= 0.3 is 0 Å². The van der Waals surface area contributed by atoms with Gasteiger partial charge in [0, 0.05) is 28.4 Å². The number of phenols is 2. The highest BCUT2D eigenvalue weighted by Crippen LogP contribution is 2.45. The lowest BCUT2D eigenvalue weighted by molar-refractivity contribution is 0.455. The number of benzene rings is 4. The first-order chi connectivity index (χ1) is 24.6. The van der Waals surface area contributed by atoms with E-state index in [0.717, 1.165) is 36.8 Å². The summed E-state index contributed by atoms with van der Waals surface area (Å²) in [7, 11) is 0. The first-order valence-corrected chi connectivity index (χ1v) is 20.4. The average Bonchev–Trinajstić information content (AvgIpc) is 3.13. The summed E-state index contributed by atoms with van der Waals surface area (Å²) in [5, 5.41) is 23.7. The molecule has 276 valence electrons. The Morgan fingerprint density at radius 1 is 0.412 bits per heavy atom. The largest absolute Gasteiger partial charge is 0.508 e. The second-order valence-corrected chi connectivity index (χ2v) is 16.1. The monoisotopic (exact) mass is 689 g/mol. The van der Waals surface area contributed by atoms with Crippen LogP contribution in [0.4, 0.5) is 0 Å². The van der Waals surface area contributed by atoms with Gasteiger partial charge in [-0.1, -0.05) is 191 Å². The van der Waals surface area contributed by atoms with E-state index in [1.807, 2.05) is 12.1 Å². The van der Waals surface area contributed by atoms with Gasteiger partial charge in [-0.15, -0.1) is 0 Å². The molecule has 0 unspecified atom stereocenters. The molecule has 0 aliphatic rings. The van der Waals surface area contributed by atoms with Crippen LogP contribution in [0.25, 0.3) is 0 Å². The van der Waals surface area contributed by atoms with Crippen LogP contribution in [-0.4, -0.2) is 10.2 Å². The van der Waals surface area contributed by atoms with Gasteiger partial charge in [0.15, 0.2) is 0 Å². The minimum atomic E-state index is -0.341.